The maximum Gasteiger partial charge on any atom is 0.387 e. The Bertz CT molecular complexity index is 436. The molecule has 1 N–H and O–H groups in total. The van der Waals surface area contributed by atoms with Gasteiger partial charge in [0.1, 0.15) is 0 Å². The van der Waals surface area contributed by atoms with Crippen molar-refractivity contribution in [2.45, 2.75) is 26.9 Å². The van der Waals surface area contributed by atoms with Crippen LogP contribution in [-0.4, -0.2) is 19.6 Å². The van der Waals surface area contributed by atoms with E-state index in [4.69, 9.17) is 4.74 Å². The molecule has 6 heteroatoms. The minimum Gasteiger partial charge on any atom is -0.493 e. The van der Waals surface area contributed by atoms with Crippen LogP contribution in [0.4, 0.5) is 14.5 Å². The summed E-state index contributed by atoms with van der Waals surface area (Å²) in [6.45, 7) is 0.883. The number of benzene rings is 1. The number of hydrogen-bond acceptors (Lipinski definition) is 3. The van der Waals surface area contributed by atoms with Crippen LogP contribution < -0.4 is 14.8 Å². The van der Waals surface area contributed by atoms with Gasteiger partial charge >= 0.3 is 6.61 Å². The third kappa shape index (κ3) is 5.11. The average molecular weight is 273 g/mol. The largest absolute Gasteiger partial charge is 0.493 e. The first kappa shape index (κ1) is 15.2. The molecule has 1 rings (SSSR count). The average Bonchev–Trinajstić information content (AvgIpc) is 2.27. The third-order valence-electron chi connectivity index (χ3n) is 2.26. The number of hydrogen-bond donors (Lipinski definition) is 1. The lowest BCUT2D eigenvalue weighted by molar-refractivity contribution is -0.116. The number of rotatable bonds is 6. The van der Waals surface area contributed by atoms with Gasteiger partial charge in [-0.05, 0) is 18.1 Å². The maximum absolute atomic E-state index is 12.2. The van der Waals surface area contributed by atoms with Crippen LogP contribution in [0.3, 0.4) is 0 Å². The summed E-state index contributed by atoms with van der Waals surface area (Å²) in [7, 11) is 1.35. The SMILES string of the molecule is COc1ccc(NC(=O)CC(C)C)cc1OC(F)F. The predicted molar refractivity (Wildman–Crippen MR) is 67.7 cm³/mol. The van der Waals surface area contributed by atoms with E-state index < -0.39 is 6.61 Å². The van der Waals surface area contributed by atoms with E-state index in [1.165, 1.54) is 19.2 Å². The van der Waals surface area contributed by atoms with Gasteiger partial charge in [-0.2, -0.15) is 8.78 Å². The van der Waals surface area contributed by atoms with E-state index >= 15 is 0 Å². The molecule has 0 unspecified atom stereocenters. The van der Waals surface area contributed by atoms with Crippen molar-refractivity contribution in [2.75, 3.05) is 12.4 Å². The Morgan fingerprint density at radius 3 is 2.53 bits per heavy atom. The summed E-state index contributed by atoms with van der Waals surface area (Å²) in [5, 5.41) is 2.62. The molecule has 0 saturated carbocycles. The minimum absolute atomic E-state index is 0.111. The lowest BCUT2D eigenvalue weighted by Crippen LogP contribution is -2.14. The zero-order valence-electron chi connectivity index (χ0n) is 11.1. The van der Waals surface area contributed by atoms with Crippen molar-refractivity contribution in [3.8, 4) is 11.5 Å². The highest BCUT2D eigenvalue weighted by atomic mass is 19.3. The number of alkyl halides is 2. The number of methoxy groups -OCH3 is 1. The van der Waals surface area contributed by atoms with Crippen molar-refractivity contribution < 1.29 is 23.0 Å². The molecule has 0 saturated heterocycles. The van der Waals surface area contributed by atoms with E-state index in [9.17, 15) is 13.6 Å². The second-order valence-electron chi connectivity index (χ2n) is 4.39. The van der Waals surface area contributed by atoms with Crippen molar-refractivity contribution in [3.63, 3.8) is 0 Å². The number of amides is 1. The minimum atomic E-state index is -2.95. The quantitative estimate of drug-likeness (QED) is 0.865. The van der Waals surface area contributed by atoms with Crippen LogP contribution in [-0.2, 0) is 4.79 Å². The number of nitrogens with one attached hydrogen (secondary N) is 1. The number of carbonyl (C=O) groups is 1. The van der Waals surface area contributed by atoms with Crippen LogP contribution in [0.2, 0.25) is 0 Å². The van der Waals surface area contributed by atoms with Crippen LogP contribution in [0.1, 0.15) is 20.3 Å². The Kier molecular flexibility index (Phi) is 5.54. The molecular formula is C13H17F2NO3. The number of carbonyl (C=O) groups excluding carboxylic acids is 1. The predicted octanol–water partition coefficient (Wildman–Crippen LogP) is 3.28. The highest BCUT2D eigenvalue weighted by Crippen LogP contribution is 2.31. The molecule has 0 fully saturated rings. The molecule has 1 aromatic rings. The van der Waals surface area contributed by atoms with Gasteiger partial charge in [-0.3, -0.25) is 4.79 Å². The van der Waals surface area contributed by atoms with Crippen LogP contribution >= 0.6 is 0 Å². The first-order chi connectivity index (χ1) is 8.92. The molecule has 19 heavy (non-hydrogen) atoms. The summed E-state index contributed by atoms with van der Waals surface area (Å²) in [5.41, 5.74) is 0.391. The molecule has 0 aromatic heterocycles. The summed E-state index contributed by atoms with van der Waals surface area (Å²) < 4.78 is 33.7. The summed E-state index contributed by atoms with van der Waals surface area (Å²) >= 11 is 0. The first-order valence-electron chi connectivity index (χ1n) is 5.85. The zero-order valence-corrected chi connectivity index (χ0v) is 11.1. The fourth-order valence-corrected chi connectivity index (χ4v) is 1.53. The zero-order chi connectivity index (χ0) is 14.4. The van der Waals surface area contributed by atoms with Crippen LogP contribution in [0.5, 0.6) is 11.5 Å². The standard InChI is InChI=1S/C13H17F2NO3/c1-8(2)6-12(17)16-9-4-5-10(18-3)11(7-9)19-13(14)15/h4-5,7-8,13H,6H2,1-3H3,(H,16,17). The Morgan fingerprint density at radius 1 is 1.32 bits per heavy atom. The van der Waals surface area contributed by atoms with E-state index in [1.54, 1.807) is 6.07 Å². The number of ether oxygens (including phenoxy) is 2. The molecule has 1 aromatic carbocycles. The van der Waals surface area contributed by atoms with Crippen molar-refractivity contribution >= 4 is 11.6 Å². The van der Waals surface area contributed by atoms with Gasteiger partial charge in [-0.1, -0.05) is 13.8 Å². The molecule has 0 heterocycles. The lowest BCUT2D eigenvalue weighted by atomic mass is 10.1. The molecule has 106 valence electrons. The Labute approximate surface area is 110 Å². The van der Waals surface area contributed by atoms with E-state index in [0.29, 0.717) is 12.1 Å². The molecule has 0 bridgehead atoms. The molecule has 0 aliphatic carbocycles. The van der Waals surface area contributed by atoms with Crippen molar-refractivity contribution in [2.24, 2.45) is 5.92 Å². The van der Waals surface area contributed by atoms with Gasteiger partial charge in [0.2, 0.25) is 5.91 Å². The fourth-order valence-electron chi connectivity index (χ4n) is 1.53. The normalized spacial score (nSPS) is 10.7. The number of halogens is 2. The molecule has 0 aliphatic heterocycles. The summed E-state index contributed by atoms with van der Waals surface area (Å²) in [6, 6.07) is 4.33. The summed E-state index contributed by atoms with van der Waals surface area (Å²) in [4.78, 5) is 11.6. The first-order valence-corrected chi connectivity index (χ1v) is 5.85. The van der Waals surface area contributed by atoms with Crippen LogP contribution in [0, 0.1) is 5.92 Å². The maximum atomic E-state index is 12.2. The molecular weight excluding hydrogens is 256 g/mol. The summed E-state index contributed by atoms with van der Waals surface area (Å²) in [5.74, 6) is 0.111. The van der Waals surface area contributed by atoms with Crippen LogP contribution in [0.15, 0.2) is 18.2 Å². The highest BCUT2D eigenvalue weighted by molar-refractivity contribution is 5.91. The van der Waals surface area contributed by atoms with Gasteiger partial charge in [-0.15, -0.1) is 0 Å². The summed E-state index contributed by atoms with van der Waals surface area (Å²) in [6.07, 6.45) is 0.358. The molecule has 0 spiro atoms. The molecule has 0 radical (unpaired) electrons. The van der Waals surface area contributed by atoms with Gasteiger partial charge in [0, 0.05) is 18.2 Å². The van der Waals surface area contributed by atoms with Gasteiger partial charge in [0.05, 0.1) is 7.11 Å². The smallest absolute Gasteiger partial charge is 0.387 e. The second kappa shape index (κ2) is 6.92. The Morgan fingerprint density at radius 2 is 2.00 bits per heavy atom. The van der Waals surface area contributed by atoms with Gasteiger partial charge in [0.15, 0.2) is 11.5 Å². The monoisotopic (exact) mass is 273 g/mol. The van der Waals surface area contributed by atoms with E-state index in [-0.39, 0.29) is 23.3 Å². The topological polar surface area (TPSA) is 47.6 Å². The van der Waals surface area contributed by atoms with E-state index in [0.717, 1.165) is 0 Å². The Balaban J connectivity index is 2.82. The van der Waals surface area contributed by atoms with Gasteiger partial charge in [0.25, 0.3) is 0 Å². The van der Waals surface area contributed by atoms with Crippen molar-refractivity contribution in [1.29, 1.82) is 0 Å². The number of anilines is 1. The van der Waals surface area contributed by atoms with Gasteiger partial charge < -0.3 is 14.8 Å². The van der Waals surface area contributed by atoms with Crippen molar-refractivity contribution in [3.05, 3.63) is 18.2 Å². The van der Waals surface area contributed by atoms with Gasteiger partial charge in [-0.25, -0.2) is 0 Å². The third-order valence-corrected chi connectivity index (χ3v) is 2.26. The second-order valence-corrected chi connectivity index (χ2v) is 4.39. The molecule has 1 amide bonds. The lowest BCUT2D eigenvalue weighted by Gasteiger charge is -2.12. The van der Waals surface area contributed by atoms with E-state index in [1.807, 2.05) is 13.8 Å². The Hall–Kier alpha value is -1.85. The molecule has 4 nitrogen and oxygen atoms in total. The van der Waals surface area contributed by atoms with E-state index in [2.05, 4.69) is 10.1 Å². The molecule has 0 aliphatic rings. The highest BCUT2D eigenvalue weighted by Gasteiger charge is 2.12. The fraction of sp³-hybridized carbons (Fsp3) is 0.462. The van der Waals surface area contributed by atoms with Crippen molar-refractivity contribution in [1.82, 2.24) is 0 Å². The van der Waals surface area contributed by atoms with Crippen LogP contribution in [0.25, 0.3) is 0 Å². The molecule has 0 atom stereocenters.